The molecule has 0 amide bonds. The highest BCUT2D eigenvalue weighted by molar-refractivity contribution is 5.90. The quantitative estimate of drug-likeness (QED) is 0.785. The number of anilines is 1. The van der Waals surface area contributed by atoms with E-state index in [2.05, 4.69) is 49.9 Å². The number of aryl methyl sites for hydroxylation is 1. The van der Waals surface area contributed by atoms with E-state index in [4.69, 9.17) is 9.15 Å². The van der Waals surface area contributed by atoms with Crippen LogP contribution < -0.4 is 4.90 Å². The average molecular weight is 287 g/mol. The van der Waals surface area contributed by atoms with Gasteiger partial charge in [0.2, 0.25) is 0 Å². The summed E-state index contributed by atoms with van der Waals surface area (Å²) in [6, 6.07) is 10.2. The Bertz CT molecular complexity index is 599. The Morgan fingerprint density at radius 1 is 1.24 bits per heavy atom. The Morgan fingerprint density at radius 2 is 1.90 bits per heavy atom. The van der Waals surface area contributed by atoms with Crippen molar-refractivity contribution in [1.29, 1.82) is 0 Å². The molecular formula is C17H21NO3. The van der Waals surface area contributed by atoms with Crippen LogP contribution in [0.1, 0.15) is 35.5 Å². The lowest BCUT2D eigenvalue weighted by atomic mass is 10.1. The normalized spacial score (nSPS) is 10.7. The zero-order valence-electron chi connectivity index (χ0n) is 12.9. The van der Waals surface area contributed by atoms with Gasteiger partial charge >= 0.3 is 5.97 Å². The van der Waals surface area contributed by atoms with E-state index in [1.54, 1.807) is 6.07 Å². The third-order valence-electron chi connectivity index (χ3n) is 3.45. The maximum atomic E-state index is 11.7. The second-order valence-electron chi connectivity index (χ2n) is 5.31. The van der Waals surface area contributed by atoms with Crippen molar-refractivity contribution in [2.45, 2.75) is 33.4 Å². The van der Waals surface area contributed by atoms with Crippen LogP contribution in [0.5, 0.6) is 0 Å². The number of furan rings is 1. The fraction of sp³-hybridized carbons (Fsp3) is 0.353. The molecule has 0 spiro atoms. The molecule has 0 saturated carbocycles. The molecule has 0 saturated heterocycles. The molecule has 0 atom stereocenters. The Morgan fingerprint density at radius 3 is 2.48 bits per heavy atom. The van der Waals surface area contributed by atoms with Crippen molar-refractivity contribution in [3.63, 3.8) is 0 Å². The fourth-order valence-corrected chi connectivity index (χ4v) is 2.22. The SMILES string of the molecule is COC(=O)c1ccoc1CN(c1ccc(C)cc1)C(C)C. The molecule has 0 N–H and O–H groups in total. The summed E-state index contributed by atoms with van der Waals surface area (Å²) in [4.78, 5) is 13.9. The number of esters is 1. The van der Waals surface area contributed by atoms with Crippen molar-refractivity contribution in [2.75, 3.05) is 12.0 Å². The van der Waals surface area contributed by atoms with Gasteiger partial charge in [0.1, 0.15) is 11.3 Å². The van der Waals surface area contributed by atoms with Crippen LogP contribution >= 0.6 is 0 Å². The van der Waals surface area contributed by atoms with Gasteiger partial charge in [-0.3, -0.25) is 0 Å². The van der Waals surface area contributed by atoms with E-state index in [-0.39, 0.29) is 12.0 Å². The summed E-state index contributed by atoms with van der Waals surface area (Å²) < 4.78 is 10.3. The number of hydrogen-bond donors (Lipinski definition) is 0. The highest BCUT2D eigenvalue weighted by Gasteiger charge is 2.19. The highest BCUT2D eigenvalue weighted by Crippen LogP contribution is 2.23. The largest absolute Gasteiger partial charge is 0.467 e. The maximum absolute atomic E-state index is 11.7. The fourth-order valence-electron chi connectivity index (χ4n) is 2.22. The van der Waals surface area contributed by atoms with Crippen molar-refractivity contribution >= 4 is 11.7 Å². The molecule has 0 fully saturated rings. The number of benzene rings is 1. The summed E-state index contributed by atoms with van der Waals surface area (Å²) in [5, 5.41) is 0. The molecule has 0 aliphatic heterocycles. The molecule has 2 rings (SSSR count). The lowest BCUT2D eigenvalue weighted by molar-refractivity contribution is 0.0598. The zero-order valence-corrected chi connectivity index (χ0v) is 12.9. The molecule has 4 heteroatoms. The van der Waals surface area contributed by atoms with Crippen LogP contribution in [0.25, 0.3) is 0 Å². The predicted molar refractivity (Wildman–Crippen MR) is 82.5 cm³/mol. The Labute approximate surface area is 125 Å². The minimum atomic E-state index is -0.369. The van der Waals surface area contributed by atoms with Gasteiger partial charge in [-0.2, -0.15) is 0 Å². The van der Waals surface area contributed by atoms with Crippen LogP contribution in [0.2, 0.25) is 0 Å². The summed E-state index contributed by atoms with van der Waals surface area (Å²) in [6.07, 6.45) is 1.52. The number of methoxy groups -OCH3 is 1. The second-order valence-corrected chi connectivity index (χ2v) is 5.31. The van der Waals surface area contributed by atoms with Gasteiger partial charge in [0.05, 0.1) is 19.9 Å². The first kappa shape index (κ1) is 15.2. The Kier molecular flexibility index (Phi) is 4.68. The number of nitrogens with zero attached hydrogens (tertiary/aromatic N) is 1. The zero-order chi connectivity index (χ0) is 15.4. The van der Waals surface area contributed by atoms with E-state index in [0.29, 0.717) is 17.9 Å². The monoisotopic (exact) mass is 287 g/mol. The first-order valence-corrected chi connectivity index (χ1v) is 7.01. The number of hydrogen-bond acceptors (Lipinski definition) is 4. The summed E-state index contributed by atoms with van der Waals surface area (Å²) in [6.45, 7) is 6.81. The molecule has 0 radical (unpaired) electrons. The van der Waals surface area contributed by atoms with Crippen LogP contribution in [-0.4, -0.2) is 19.1 Å². The molecule has 1 aromatic carbocycles. The van der Waals surface area contributed by atoms with Crippen LogP contribution in [0.3, 0.4) is 0 Å². The predicted octanol–water partition coefficient (Wildman–Crippen LogP) is 3.79. The second kappa shape index (κ2) is 6.48. The summed E-state index contributed by atoms with van der Waals surface area (Å²) in [5.41, 5.74) is 2.80. The van der Waals surface area contributed by atoms with Gasteiger partial charge in [0.25, 0.3) is 0 Å². The van der Waals surface area contributed by atoms with Crippen LogP contribution in [0.15, 0.2) is 41.0 Å². The van der Waals surface area contributed by atoms with E-state index in [1.807, 2.05) is 0 Å². The number of rotatable bonds is 5. The van der Waals surface area contributed by atoms with Crippen LogP contribution in [0.4, 0.5) is 5.69 Å². The van der Waals surface area contributed by atoms with Gasteiger partial charge in [-0.15, -0.1) is 0 Å². The van der Waals surface area contributed by atoms with Gasteiger partial charge < -0.3 is 14.1 Å². The molecule has 0 aliphatic carbocycles. The number of carbonyl (C=O) groups excluding carboxylic acids is 1. The molecule has 1 aromatic heterocycles. The van der Waals surface area contributed by atoms with E-state index in [0.717, 1.165) is 5.69 Å². The van der Waals surface area contributed by atoms with Crippen molar-refractivity contribution < 1.29 is 13.9 Å². The molecule has 21 heavy (non-hydrogen) atoms. The van der Waals surface area contributed by atoms with Gasteiger partial charge in [0, 0.05) is 11.7 Å². The lowest BCUT2D eigenvalue weighted by Crippen LogP contribution is -2.30. The Balaban J connectivity index is 2.27. The van der Waals surface area contributed by atoms with E-state index < -0.39 is 0 Å². The van der Waals surface area contributed by atoms with Crippen molar-refractivity contribution in [2.24, 2.45) is 0 Å². The van der Waals surface area contributed by atoms with Crippen LogP contribution in [0, 0.1) is 6.92 Å². The third-order valence-corrected chi connectivity index (χ3v) is 3.45. The lowest BCUT2D eigenvalue weighted by Gasteiger charge is -2.28. The molecule has 0 bridgehead atoms. The van der Waals surface area contributed by atoms with Gasteiger partial charge in [0.15, 0.2) is 0 Å². The molecular weight excluding hydrogens is 266 g/mol. The molecule has 2 aromatic rings. The number of carbonyl (C=O) groups is 1. The van der Waals surface area contributed by atoms with E-state index in [1.165, 1.54) is 18.9 Å². The topological polar surface area (TPSA) is 42.7 Å². The average Bonchev–Trinajstić information content (AvgIpc) is 2.93. The van der Waals surface area contributed by atoms with E-state index >= 15 is 0 Å². The van der Waals surface area contributed by atoms with Crippen molar-refractivity contribution in [1.82, 2.24) is 0 Å². The molecule has 4 nitrogen and oxygen atoms in total. The summed E-state index contributed by atoms with van der Waals surface area (Å²) in [5.74, 6) is 0.252. The first-order valence-electron chi connectivity index (χ1n) is 7.01. The summed E-state index contributed by atoms with van der Waals surface area (Å²) >= 11 is 0. The Hall–Kier alpha value is -2.23. The molecule has 1 heterocycles. The van der Waals surface area contributed by atoms with E-state index in [9.17, 15) is 4.79 Å². The first-order chi connectivity index (χ1) is 10.0. The van der Waals surface area contributed by atoms with Gasteiger partial charge in [-0.25, -0.2) is 4.79 Å². The molecule has 0 aliphatic rings. The van der Waals surface area contributed by atoms with Gasteiger partial charge in [-0.05, 0) is 39.0 Å². The van der Waals surface area contributed by atoms with Gasteiger partial charge in [-0.1, -0.05) is 17.7 Å². The smallest absolute Gasteiger partial charge is 0.341 e. The highest BCUT2D eigenvalue weighted by atomic mass is 16.5. The number of ether oxygens (including phenoxy) is 1. The summed E-state index contributed by atoms with van der Waals surface area (Å²) in [7, 11) is 1.37. The van der Waals surface area contributed by atoms with Crippen molar-refractivity contribution in [3.05, 3.63) is 53.5 Å². The minimum Gasteiger partial charge on any atom is -0.467 e. The van der Waals surface area contributed by atoms with Crippen molar-refractivity contribution in [3.8, 4) is 0 Å². The molecule has 0 unspecified atom stereocenters. The standard InChI is InChI=1S/C17H21NO3/c1-12(2)18(14-7-5-13(3)6-8-14)11-16-15(9-10-21-16)17(19)20-4/h5-10,12H,11H2,1-4H3. The van der Waals surface area contributed by atoms with Crippen LogP contribution in [-0.2, 0) is 11.3 Å². The third kappa shape index (κ3) is 3.45. The minimum absolute atomic E-state index is 0.281. The molecule has 112 valence electrons. The maximum Gasteiger partial charge on any atom is 0.341 e.